The van der Waals surface area contributed by atoms with E-state index in [4.69, 9.17) is 9.47 Å². The molecular weight excluding hydrogens is 646 g/mol. The number of nitrogens with zero attached hydrogens (tertiary/aromatic N) is 2. The molecule has 276 valence electrons. The van der Waals surface area contributed by atoms with E-state index < -0.39 is 6.04 Å². The number of aliphatic hydroxyl groups is 1. The van der Waals surface area contributed by atoms with Crippen LogP contribution in [0.4, 0.5) is 21.0 Å². The molecule has 1 saturated carbocycles. The van der Waals surface area contributed by atoms with Crippen molar-refractivity contribution in [2.45, 2.75) is 96.4 Å². The smallest absolute Gasteiger partial charge is 0.321 e. The molecule has 0 bridgehead atoms. The van der Waals surface area contributed by atoms with Crippen LogP contribution in [0.25, 0.3) is 10.8 Å². The van der Waals surface area contributed by atoms with E-state index >= 15 is 0 Å². The molecule has 5 rings (SSSR count). The predicted octanol–water partition coefficient (Wildman–Crippen LogP) is 7.25. The molecule has 0 spiro atoms. The maximum absolute atomic E-state index is 14.5. The fraction of sp³-hybridized carbons (Fsp3) is 0.525. The monoisotopic (exact) mass is 701 g/mol. The number of carbonyl (C=O) groups is 3. The molecule has 11 heteroatoms. The summed E-state index contributed by atoms with van der Waals surface area (Å²) >= 11 is 0. The normalized spacial score (nSPS) is 21.5. The number of hydrogen-bond donors (Lipinski definition) is 4. The molecule has 0 radical (unpaired) electrons. The minimum absolute atomic E-state index is 0.141. The SMILES string of the molecule is C[C@@H]1CCCCO[C@H](CN(C)C(=O)Nc2cccc3ccccc23)[C@@H](C)CN([C@H](C)CO)C(=O)c2cc(NC(=O)NC3CCCCC3)ccc2O1. The molecule has 1 fully saturated rings. The third-order valence-corrected chi connectivity index (χ3v) is 10.1. The van der Waals surface area contributed by atoms with Crippen LogP contribution >= 0.6 is 0 Å². The van der Waals surface area contributed by atoms with Gasteiger partial charge in [-0.25, -0.2) is 9.59 Å². The number of anilines is 2. The Morgan fingerprint density at radius 2 is 1.71 bits per heavy atom. The average Bonchev–Trinajstić information content (AvgIpc) is 3.13. The summed E-state index contributed by atoms with van der Waals surface area (Å²) in [6.07, 6.45) is 7.19. The molecule has 1 aliphatic heterocycles. The summed E-state index contributed by atoms with van der Waals surface area (Å²) in [5.74, 6) is -0.0902. The highest BCUT2D eigenvalue weighted by Crippen LogP contribution is 2.29. The molecule has 4 N–H and O–H groups in total. The number of fused-ring (bicyclic) bond motifs is 2. The summed E-state index contributed by atoms with van der Waals surface area (Å²) in [7, 11) is 1.75. The number of amides is 5. The van der Waals surface area contributed by atoms with Crippen molar-refractivity contribution in [3.63, 3.8) is 0 Å². The standard InChI is InChI=1S/C40H55N5O6/c1-27-24-45(28(2)26-46)38(47)34-23-32(42-39(48)41-31-16-6-5-7-17-31)20-21-36(34)51-29(3)13-10-11-22-50-37(27)25-44(4)40(49)43-35-19-12-15-30-14-8-9-18-33(30)35/h8-9,12,14-15,18-21,23,27-29,31,37,46H,5-7,10-11,13,16-17,22,24-26H2,1-4H3,(H,43,49)(H2,41,42,48)/t27-,28+,29+,37+/m0/s1. The molecule has 0 aromatic heterocycles. The van der Waals surface area contributed by atoms with Gasteiger partial charge in [0.2, 0.25) is 0 Å². The van der Waals surface area contributed by atoms with Gasteiger partial charge in [-0.3, -0.25) is 4.79 Å². The van der Waals surface area contributed by atoms with Gasteiger partial charge in [-0.15, -0.1) is 0 Å². The van der Waals surface area contributed by atoms with Gasteiger partial charge in [0.25, 0.3) is 5.91 Å². The van der Waals surface area contributed by atoms with Crippen molar-refractivity contribution in [2.24, 2.45) is 5.92 Å². The van der Waals surface area contributed by atoms with Crippen molar-refractivity contribution in [1.29, 1.82) is 0 Å². The second-order valence-electron chi connectivity index (χ2n) is 14.3. The van der Waals surface area contributed by atoms with Crippen LogP contribution in [-0.2, 0) is 4.74 Å². The lowest BCUT2D eigenvalue weighted by Gasteiger charge is -2.36. The molecule has 1 heterocycles. The molecule has 2 aliphatic rings. The zero-order valence-corrected chi connectivity index (χ0v) is 30.5. The first-order valence-corrected chi connectivity index (χ1v) is 18.5. The number of carbonyl (C=O) groups excluding carboxylic acids is 3. The van der Waals surface area contributed by atoms with Crippen LogP contribution in [-0.4, -0.2) is 90.5 Å². The Morgan fingerprint density at radius 3 is 2.49 bits per heavy atom. The molecule has 4 atom stereocenters. The van der Waals surface area contributed by atoms with Gasteiger partial charge in [-0.2, -0.15) is 0 Å². The number of benzene rings is 3. The fourth-order valence-electron chi connectivity index (χ4n) is 6.96. The third-order valence-electron chi connectivity index (χ3n) is 10.1. The Morgan fingerprint density at radius 1 is 0.961 bits per heavy atom. The summed E-state index contributed by atoms with van der Waals surface area (Å²) in [5, 5.41) is 21.3. The van der Waals surface area contributed by atoms with Crippen LogP contribution in [0.2, 0.25) is 0 Å². The average molecular weight is 702 g/mol. The van der Waals surface area contributed by atoms with E-state index in [9.17, 15) is 19.5 Å². The summed E-state index contributed by atoms with van der Waals surface area (Å²) in [6, 6.07) is 18.0. The Labute approximate surface area is 302 Å². The molecule has 0 saturated heterocycles. The molecule has 1 aliphatic carbocycles. The molecule has 5 amide bonds. The molecule has 51 heavy (non-hydrogen) atoms. The van der Waals surface area contributed by atoms with Crippen molar-refractivity contribution >= 4 is 40.1 Å². The van der Waals surface area contributed by atoms with Gasteiger partial charge in [0.15, 0.2) is 0 Å². The van der Waals surface area contributed by atoms with Crippen LogP contribution in [0, 0.1) is 5.92 Å². The highest BCUT2D eigenvalue weighted by atomic mass is 16.5. The Hall–Kier alpha value is -4.35. The third kappa shape index (κ3) is 10.4. The minimum atomic E-state index is -0.516. The first-order valence-electron chi connectivity index (χ1n) is 18.5. The van der Waals surface area contributed by atoms with E-state index in [1.54, 1.807) is 42.0 Å². The second-order valence-corrected chi connectivity index (χ2v) is 14.3. The van der Waals surface area contributed by atoms with E-state index in [0.29, 0.717) is 30.2 Å². The molecule has 11 nitrogen and oxygen atoms in total. The first-order chi connectivity index (χ1) is 24.6. The summed E-state index contributed by atoms with van der Waals surface area (Å²) in [5.41, 5.74) is 1.53. The van der Waals surface area contributed by atoms with Crippen molar-refractivity contribution in [2.75, 3.05) is 44.0 Å². The minimum Gasteiger partial charge on any atom is -0.490 e. The maximum atomic E-state index is 14.5. The van der Waals surface area contributed by atoms with Gasteiger partial charge in [0, 0.05) is 49.8 Å². The summed E-state index contributed by atoms with van der Waals surface area (Å²) in [4.78, 5) is 44.1. The lowest BCUT2D eigenvalue weighted by Crippen LogP contribution is -2.48. The Kier molecular flexibility index (Phi) is 13.5. The highest BCUT2D eigenvalue weighted by molar-refractivity contribution is 6.01. The van der Waals surface area contributed by atoms with E-state index in [-0.39, 0.29) is 55.3 Å². The van der Waals surface area contributed by atoms with E-state index in [0.717, 1.165) is 61.4 Å². The topological polar surface area (TPSA) is 132 Å². The number of likely N-dealkylation sites (N-methyl/N-ethyl adjacent to an activating group) is 1. The van der Waals surface area contributed by atoms with Crippen LogP contribution < -0.4 is 20.7 Å². The number of urea groups is 2. The van der Waals surface area contributed by atoms with Gasteiger partial charge in [-0.1, -0.05) is 62.6 Å². The molecular formula is C40H55N5O6. The van der Waals surface area contributed by atoms with Crippen molar-refractivity contribution in [3.05, 3.63) is 66.2 Å². The predicted molar refractivity (Wildman–Crippen MR) is 201 cm³/mol. The van der Waals surface area contributed by atoms with Crippen LogP contribution in [0.1, 0.15) is 82.5 Å². The van der Waals surface area contributed by atoms with Crippen molar-refractivity contribution < 1.29 is 29.0 Å². The number of hydrogen-bond acceptors (Lipinski definition) is 6. The van der Waals surface area contributed by atoms with E-state index in [1.165, 1.54) is 6.42 Å². The maximum Gasteiger partial charge on any atom is 0.321 e. The van der Waals surface area contributed by atoms with E-state index in [2.05, 4.69) is 16.0 Å². The van der Waals surface area contributed by atoms with Crippen LogP contribution in [0.3, 0.4) is 0 Å². The molecule has 0 unspecified atom stereocenters. The van der Waals surface area contributed by atoms with Crippen LogP contribution in [0.15, 0.2) is 60.7 Å². The lowest BCUT2D eigenvalue weighted by molar-refractivity contribution is -0.0115. The van der Waals surface area contributed by atoms with E-state index in [1.807, 2.05) is 56.3 Å². The summed E-state index contributed by atoms with van der Waals surface area (Å²) < 4.78 is 12.8. The quantitative estimate of drug-likeness (QED) is 0.205. The van der Waals surface area contributed by atoms with Gasteiger partial charge >= 0.3 is 12.1 Å². The van der Waals surface area contributed by atoms with Gasteiger partial charge < -0.3 is 40.3 Å². The molecule has 3 aromatic carbocycles. The number of rotatable bonds is 7. The highest BCUT2D eigenvalue weighted by Gasteiger charge is 2.31. The van der Waals surface area contributed by atoms with Gasteiger partial charge in [0.1, 0.15) is 5.75 Å². The Bertz CT molecular complexity index is 1620. The lowest BCUT2D eigenvalue weighted by atomic mass is 9.96. The van der Waals surface area contributed by atoms with Crippen molar-refractivity contribution in [1.82, 2.24) is 15.1 Å². The van der Waals surface area contributed by atoms with Gasteiger partial charge in [0.05, 0.1) is 36.1 Å². The first kappa shape index (κ1) is 37.9. The Balaban J connectivity index is 1.35. The largest absolute Gasteiger partial charge is 0.490 e. The van der Waals surface area contributed by atoms with Gasteiger partial charge in [-0.05, 0) is 75.6 Å². The second kappa shape index (κ2) is 18.2. The zero-order chi connectivity index (χ0) is 36.3. The molecule has 3 aromatic rings. The fourth-order valence-corrected chi connectivity index (χ4v) is 6.96. The number of ether oxygens (including phenoxy) is 2. The zero-order valence-electron chi connectivity index (χ0n) is 30.5. The van der Waals surface area contributed by atoms with Crippen molar-refractivity contribution in [3.8, 4) is 5.75 Å². The number of nitrogens with one attached hydrogen (secondary N) is 3. The number of aliphatic hydroxyl groups excluding tert-OH is 1. The summed E-state index contributed by atoms with van der Waals surface area (Å²) in [6.45, 7) is 6.60. The van der Waals surface area contributed by atoms with Crippen LogP contribution in [0.5, 0.6) is 5.75 Å².